The SMILES string of the molecule is CCOC(=O)[C@H](CC)Sc1nnc(CSc2nc(C)cc(C)n2)n1-c1ccc(OCC)cc1. The number of carbonyl (C=O) groups is 1. The number of benzene rings is 1. The van der Waals surface area contributed by atoms with Gasteiger partial charge in [0.05, 0.1) is 19.0 Å². The summed E-state index contributed by atoms with van der Waals surface area (Å²) in [5.74, 6) is 1.82. The summed E-state index contributed by atoms with van der Waals surface area (Å²) in [6.07, 6.45) is 0.625. The van der Waals surface area contributed by atoms with E-state index in [-0.39, 0.29) is 11.2 Å². The minimum Gasteiger partial charge on any atom is -0.494 e. The van der Waals surface area contributed by atoms with Gasteiger partial charge in [-0.1, -0.05) is 30.4 Å². The summed E-state index contributed by atoms with van der Waals surface area (Å²) in [6, 6.07) is 9.71. The number of aromatic nitrogens is 5. The smallest absolute Gasteiger partial charge is 0.319 e. The molecule has 2 aromatic heterocycles. The molecule has 0 saturated carbocycles. The highest BCUT2D eigenvalue weighted by molar-refractivity contribution is 8.00. The molecule has 3 aromatic rings. The monoisotopic (exact) mass is 487 g/mol. The van der Waals surface area contributed by atoms with Crippen LogP contribution in [0.25, 0.3) is 5.69 Å². The molecule has 2 heterocycles. The Balaban J connectivity index is 1.92. The molecule has 10 heteroatoms. The van der Waals surface area contributed by atoms with Crippen LogP contribution in [0.3, 0.4) is 0 Å². The number of carbonyl (C=O) groups excluding carboxylic acids is 1. The molecule has 1 aromatic carbocycles. The van der Waals surface area contributed by atoms with Crippen LogP contribution in [0.4, 0.5) is 0 Å². The Morgan fingerprint density at radius 3 is 2.33 bits per heavy atom. The topological polar surface area (TPSA) is 92.0 Å². The molecule has 0 saturated heterocycles. The second-order valence-electron chi connectivity index (χ2n) is 7.15. The molecule has 33 heavy (non-hydrogen) atoms. The number of aryl methyl sites for hydroxylation is 2. The summed E-state index contributed by atoms with van der Waals surface area (Å²) in [7, 11) is 0. The Labute approximate surface area is 202 Å². The van der Waals surface area contributed by atoms with Gasteiger partial charge in [-0.15, -0.1) is 10.2 Å². The zero-order valence-electron chi connectivity index (χ0n) is 19.6. The van der Waals surface area contributed by atoms with Crippen LogP contribution >= 0.6 is 23.5 Å². The molecular weight excluding hydrogens is 458 g/mol. The van der Waals surface area contributed by atoms with E-state index >= 15 is 0 Å². The summed E-state index contributed by atoms with van der Waals surface area (Å²) < 4.78 is 12.8. The Kier molecular flexibility index (Phi) is 9.13. The molecule has 0 bridgehead atoms. The van der Waals surface area contributed by atoms with Crippen LogP contribution in [0.15, 0.2) is 40.6 Å². The van der Waals surface area contributed by atoms with Crippen LogP contribution in [-0.2, 0) is 15.3 Å². The van der Waals surface area contributed by atoms with E-state index in [0.717, 1.165) is 28.6 Å². The molecule has 8 nitrogen and oxygen atoms in total. The minimum atomic E-state index is -0.362. The first-order chi connectivity index (χ1) is 15.9. The van der Waals surface area contributed by atoms with Crippen molar-refractivity contribution in [3.8, 4) is 11.4 Å². The van der Waals surface area contributed by atoms with Crippen LogP contribution in [0.1, 0.15) is 44.4 Å². The van der Waals surface area contributed by atoms with Gasteiger partial charge in [-0.05, 0) is 64.4 Å². The van der Waals surface area contributed by atoms with Gasteiger partial charge in [0.25, 0.3) is 0 Å². The highest BCUT2D eigenvalue weighted by Gasteiger charge is 2.24. The molecule has 0 aliphatic heterocycles. The number of esters is 1. The van der Waals surface area contributed by atoms with Gasteiger partial charge in [0.1, 0.15) is 16.8 Å². The quantitative estimate of drug-likeness (QED) is 0.215. The van der Waals surface area contributed by atoms with Gasteiger partial charge in [-0.3, -0.25) is 9.36 Å². The molecule has 0 aliphatic carbocycles. The molecule has 0 radical (unpaired) electrons. The molecule has 0 unspecified atom stereocenters. The minimum absolute atomic E-state index is 0.245. The van der Waals surface area contributed by atoms with Crippen molar-refractivity contribution in [1.82, 2.24) is 24.7 Å². The molecule has 3 rings (SSSR count). The zero-order valence-corrected chi connectivity index (χ0v) is 21.2. The van der Waals surface area contributed by atoms with Crippen molar-refractivity contribution < 1.29 is 14.3 Å². The second-order valence-corrected chi connectivity index (χ2v) is 9.26. The molecular formula is C23H29N5O3S2. The first kappa shape index (κ1) is 25.0. The maximum Gasteiger partial charge on any atom is 0.319 e. The first-order valence-corrected chi connectivity index (χ1v) is 12.8. The molecule has 0 spiro atoms. The van der Waals surface area contributed by atoms with E-state index in [9.17, 15) is 4.79 Å². The van der Waals surface area contributed by atoms with Crippen molar-refractivity contribution in [2.45, 2.75) is 62.4 Å². The lowest BCUT2D eigenvalue weighted by Gasteiger charge is -2.15. The molecule has 0 amide bonds. The van der Waals surface area contributed by atoms with Gasteiger partial charge in [-0.25, -0.2) is 9.97 Å². The fraction of sp³-hybridized carbons (Fsp3) is 0.435. The maximum absolute atomic E-state index is 12.4. The molecule has 176 valence electrons. The third-order valence-electron chi connectivity index (χ3n) is 4.57. The molecule has 0 N–H and O–H groups in total. The Bertz CT molecular complexity index is 1050. The third kappa shape index (κ3) is 6.70. The van der Waals surface area contributed by atoms with Crippen LogP contribution in [0.2, 0.25) is 0 Å². The van der Waals surface area contributed by atoms with Gasteiger partial charge in [0, 0.05) is 17.1 Å². The second kappa shape index (κ2) is 12.0. The summed E-state index contributed by atoms with van der Waals surface area (Å²) in [5.41, 5.74) is 2.74. The maximum atomic E-state index is 12.4. The van der Waals surface area contributed by atoms with Crippen molar-refractivity contribution in [3.63, 3.8) is 0 Å². The van der Waals surface area contributed by atoms with E-state index in [1.165, 1.54) is 23.5 Å². The van der Waals surface area contributed by atoms with E-state index in [1.54, 1.807) is 0 Å². The van der Waals surface area contributed by atoms with Gasteiger partial charge in [-0.2, -0.15) is 0 Å². The van der Waals surface area contributed by atoms with Crippen molar-refractivity contribution >= 4 is 29.5 Å². The van der Waals surface area contributed by atoms with Crippen molar-refractivity contribution in [2.24, 2.45) is 0 Å². The Morgan fingerprint density at radius 2 is 1.73 bits per heavy atom. The summed E-state index contributed by atoms with van der Waals surface area (Å²) >= 11 is 2.87. The van der Waals surface area contributed by atoms with E-state index in [2.05, 4.69) is 20.2 Å². The predicted octanol–water partition coefficient (Wildman–Crippen LogP) is 4.80. The number of rotatable bonds is 11. The fourth-order valence-corrected chi connectivity index (χ4v) is 4.99. The van der Waals surface area contributed by atoms with Gasteiger partial charge in [0.2, 0.25) is 0 Å². The first-order valence-electron chi connectivity index (χ1n) is 10.9. The van der Waals surface area contributed by atoms with E-state index in [4.69, 9.17) is 9.47 Å². The number of thioether (sulfide) groups is 2. The number of hydrogen-bond acceptors (Lipinski definition) is 9. The van der Waals surface area contributed by atoms with Crippen molar-refractivity contribution in [2.75, 3.05) is 13.2 Å². The van der Waals surface area contributed by atoms with Crippen molar-refractivity contribution in [1.29, 1.82) is 0 Å². The van der Waals surface area contributed by atoms with Gasteiger partial charge >= 0.3 is 5.97 Å². The summed E-state index contributed by atoms with van der Waals surface area (Å²) in [4.78, 5) is 21.4. The summed E-state index contributed by atoms with van der Waals surface area (Å²) in [5, 5.41) is 9.82. The third-order valence-corrected chi connectivity index (χ3v) is 6.70. The van der Waals surface area contributed by atoms with Crippen LogP contribution in [-0.4, -0.2) is 49.2 Å². The standard InChI is InChI=1S/C23H29N5O3S2/c1-6-19(21(29)31-8-3)33-23-27-26-20(14-32-22-24-15(4)13-16(5)25-22)28(23)17-9-11-18(12-10-17)30-7-2/h9-13,19H,6-8,14H2,1-5H3/t19-/m0/s1. The molecule has 0 aliphatic rings. The Hall–Kier alpha value is -2.59. The lowest BCUT2D eigenvalue weighted by Crippen LogP contribution is -2.20. The zero-order chi connectivity index (χ0) is 23.8. The lowest BCUT2D eigenvalue weighted by molar-refractivity contribution is -0.142. The number of nitrogens with zero attached hydrogens (tertiary/aromatic N) is 5. The van der Waals surface area contributed by atoms with Gasteiger partial charge < -0.3 is 9.47 Å². The van der Waals surface area contributed by atoms with E-state index < -0.39 is 0 Å². The van der Waals surface area contributed by atoms with E-state index in [1.807, 2.05) is 69.5 Å². The fourth-order valence-electron chi connectivity index (χ4n) is 3.14. The molecule has 0 fully saturated rings. The average molecular weight is 488 g/mol. The summed E-state index contributed by atoms with van der Waals surface area (Å²) in [6.45, 7) is 10.6. The van der Waals surface area contributed by atoms with Crippen LogP contribution < -0.4 is 4.74 Å². The van der Waals surface area contributed by atoms with E-state index in [0.29, 0.717) is 35.7 Å². The highest BCUT2D eigenvalue weighted by atomic mass is 32.2. The van der Waals surface area contributed by atoms with Crippen molar-refractivity contribution in [3.05, 3.63) is 47.5 Å². The van der Waals surface area contributed by atoms with Crippen LogP contribution in [0, 0.1) is 13.8 Å². The average Bonchev–Trinajstić information content (AvgIpc) is 3.18. The molecule has 1 atom stereocenters. The van der Waals surface area contributed by atoms with Crippen LogP contribution in [0.5, 0.6) is 5.75 Å². The van der Waals surface area contributed by atoms with Gasteiger partial charge in [0.15, 0.2) is 10.3 Å². The largest absolute Gasteiger partial charge is 0.494 e. The normalized spacial score (nSPS) is 11.9. The lowest BCUT2D eigenvalue weighted by atomic mass is 10.3. The predicted molar refractivity (Wildman–Crippen MR) is 130 cm³/mol. The highest BCUT2D eigenvalue weighted by Crippen LogP contribution is 2.31. The Morgan fingerprint density at radius 1 is 1.03 bits per heavy atom. The number of hydrogen-bond donors (Lipinski definition) is 0. The number of ether oxygens (including phenoxy) is 2.